The SMILES string of the molecule is COc1cc2c(-c3cc4c(CN)ccnc4n3S(=O)(=O)c3ccc(C)cc3)cn(C)c2cc1OC. The van der Waals surface area contributed by atoms with E-state index >= 15 is 0 Å². The molecule has 5 rings (SSSR count). The monoisotopic (exact) mass is 490 g/mol. The standard InChI is InChI=1S/C26H26N4O4S/c1-16-5-7-18(8-6-16)35(31,32)30-23(11-19-17(14-27)9-10-28-26(19)30)21-15-29(2)22-13-25(34-4)24(33-3)12-20(21)22/h5-13,15H,14,27H2,1-4H3. The Morgan fingerprint density at radius 1 is 0.971 bits per heavy atom. The molecule has 2 aromatic carbocycles. The van der Waals surface area contributed by atoms with Gasteiger partial charge in [-0.1, -0.05) is 17.7 Å². The first-order valence-corrected chi connectivity index (χ1v) is 12.5. The summed E-state index contributed by atoms with van der Waals surface area (Å²) in [5, 5.41) is 1.51. The van der Waals surface area contributed by atoms with Crippen LogP contribution in [0, 0.1) is 6.92 Å². The van der Waals surface area contributed by atoms with E-state index < -0.39 is 10.0 Å². The van der Waals surface area contributed by atoms with Crippen LogP contribution in [0.2, 0.25) is 0 Å². The fourth-order valence-electron chi connectivity index (χ4n) is 4.47. The summed E-state index contributed by atoms with van der Waals surface area (Å²) >= 11 is 0. The van der Waals surface area contributed by atoms with Crippen molar-refractivity contribution < 1.29 is 17.9 Å². The predicted molar refractivity (Wildman–Crippen MR) is 136 cm³/mol. The van der Waals surface area contributed by atoms with E-state index in [1.165, 1.54) is 3.97 Å². The highest BCUT2D eigenvalue weighted by molar-refractivity contribution is 7.90. The minimum Gasteiger partial charge on any atom is -0.493 e. The Labute approximate surface area is 203 Å². The van der Waals surface area contributed by atoms with Crippen LogP contribution in [0.4, 0.5) is 0 Å². The molecule has 0 bridgehead atoms. The summed E-state index contributed by atoms with van der Waals surface area (Å²) in [6.45, 7) is 2.17. The van der Waals surface area contributed by atoms with Crippen LogP contribution in [0.15, 0.2) is 65.8 Å². The summed E-state index contributed by atoms with van der Waals surface area (Å²) in [4.78, 5) is 4.65. The molecule has 0 aliphatic heterocycles. The summed E-state index contributed by atoms with van der Waals surface area (Å²) < 4.78 is 42.3. The molecular weight excluding hydrogens is 464 g/mol. The molecule has 3 aromatic heterocycles. The van der Waals surface area contributed by atoms with Crippen molar-refractivity contribution in [2.24, 2.45) is 12.8 Å². The van der Waals surface area contributed by atoms with Crippen LogP contribution in [-0.4, -0.2) is 36.2 Å². The molecular formula is C26H26N4O4S. The molecule has 5 aromatic rings. The van der Waals surface area contributed by atoms with E-state index in [0.717, 1.165) is 27.6 Å². The molecule has 9 heteroatoms. The molecule has 8 nitrogen and oxygen atoms in total. The Morgan fingerprint density at radius 3 is 2.31 bits per heavy atom. The van der Waals surface area contributed by atoms with Gasteiger partial charge in [0.15, 0.2) is 17.1 Å². The number of aromatic nitrogens is 3. The molecule has 0 saturated carbocycles. The van der Waals surface area contributed by atoms with Gasteiger partial charge in [0.25, 0.3) is 10.0 Å². The molecule has 0 aliphatic rings. The molecule has 35 heavy (non-hydrogen) atoms. The lowest BCUT2D eigenvalue weighted by Gasteiger charge is -2.12. The van der Waals surface area contributed by atoms with Gasteiger partial charge in [0.05, 0.1) is 30.3 Å². The minimum atomic E-state index is -3.98. The lowest BCUT2D eigenvalue weighted by atomic mass is 10.1. The molecule has 0 unspecified atom stereocenters. The number of rotatable bonds is 6. The molecule has 0 atom stereocenters. The number of pyridine rings is 1. The fourth-order valence-corrected chi connectivity index (χ4v) is 5.94. The lowest BCUT2D eigenvalue weighted by Crippen LogP contribution is -2.15. The van der Waals surface area contributed by atoms with E-state index in [0.29, 0.717) is 28.2 Å². The number of nitrogens with two attached hydrogens (primary N) is 1. The number of fused-ring (bicyclic) bond motifs is 2. The average molecular weight is 491 g/mol. The van der Waals surface area contributed by atoms with Gasteiger partial charge < -0.3 is 19.8 Å². The smallest absolute Gasteiger partial charge is 0.269 e. The number of aryl methyl sites for hydroxylation is 2. The molecule has 0 fully saturated rings. The van der Waals surface area contributed by atoms with Crippen LogP contribution >= 0.6 is 0 Å². The summed E-state index contributed by atoms with van der Waals surface area (Å²) in [6.07, 6.45) is 3.49. The van der Waals surface area contributed by atoms with Gasteiger partial charge in [-0.3, -0.25) is 0 Å². The topological polar surface area (TPSA) is 101 Å². The van der Waals surface area contributed by atoms with Crippen molar-refractivity contribution in [3.8, 4) is 22.8 Å². The Hall–Kier alpha value is -3.82. The highest BCUT2D eigenvalue weighted by Gasteiger charge is 2.27. The highest BCUT2D eigenvalue weighted by atomic mass is 32.2. The van der Waals surface area contributed by atoms with E-state index in [-0.39, 0.29) is 11.4 Å². The van der Waals surface area contributed by atoms with Crippen molar-refractivity contribution in [2.45, 2.75) is 18.4 Å². The quantitative estimate of drug-likeness (QED) is 0.383. The van der Waals surface area contributed by atoms with Crippen LogP contribution in [0.5, 0.6) is 11.5 Å². The first-order valence-electron chi connectivity index (χ1n) is 11.0. The van der Waals surface area contributed by atoms with Crippen LogP contribution in [0.25, 0.3) is 33.2 Å². The zero-order chi connectivity index (χ0) is 24.9. The predicted octanol–water partition coefficient (Wildman–Crippen LogP) is 4.22. The van der Waals surface area contributed by atoms with Crippen molar-refractivity contribution in [1.29, 1.82) is 0 Å². The summed E-state index contributed by atoms with van der Waals surface area (Å²) in [7, 11) is 1.08. The van der Waals surface area contributed by atoms with E-state index in [2.05, 4.69) is 4.98 Å². The summed E-state index contributed by atoms with van der Waals surface area (Å²) in [6, 6.07) is 14.2. The maximum atomic E-state index is 14.0. The Bertz CT molecular complexity index is 1680. The summed E-state index contributed by atoms with van der Waals surface area (Å²) in [5.41, 5.74) is 10.2. The van der Waals surface area contributed by atoms with Crippen LogP contribution in [0.1, 0.15) is 11.1 Å². The van der Waals surface area contributed by atoms with Gasteiger partial charge in [-0.05, 0) is 42.8 Å². The lowest BCUT2D eigenvalue weighted by molar-refractivity contribution is 0.355. The second-order valence-corrected chi connectivity index (χ2v) is 10.2. The van der Waals surface area contributed by atoms with Crippen molar-refractivity contribution >= 4 is 32.0 Å². The number of nitrogens with zero attached hydrogens (tertiary/aromatic N) is 3. The molecule has 0 amide bonds. The van der Waals surface area contributed by atoms with Crippen LogP contribution in [0.3, 0.4) is 0 Å². The number of benzene rings is 2. The third-order valence-electron chi connectivity index (χ3n) is 6.30. The van der Waals surface area contributed by atoms with Crippen LogP contribution in [-0.2, 0) is 23.6 Å². The van der Waals surface area contributed by atoms with Gasteiger partial charge in [0.1, 0.15) is 0 Å². The number of hydrogen-bond donors (Lipinski definition) is 1. The molecule has 3 heterocycles. The third-order valence-corrected chi connectivity index (χ3v) is 8.02. The van der Waals surface area contributed by atoms with Crippen molar-refractivity contribution in [1.82, 2.24) is 13.5 Å². The second kappa shape index (κ2) is 8.44. The Morgan fingerprint density at radius 2 is 1.66 bits per heavy atom. The van der Waals surface area contributed by atoms with Crippen molar-refractivity contribution in [3.63, 3.8) is 0 Å². The van der Waals surface area contributed by atoms with Crippen molar-refractivity contribution in [3.05, 3.63) is 72.1 Å². The van der Waals surface area contributed by atoms with E-state index in [4.69, 9.17) is 15.2 Å². The fraction of sp³-hybridized carbons (Fsp3) is 0.192. The van der Waals surface area contributed by atoms with E-state index in [1.807, 2.05) is 49.0 Å². The van der Waals surface area contributed by atoms with E-state index in [9.17, 15) is 8.42 Å². The zero-order valence-electron chi connectivity index (χ0n) is 19.9. The molecule has 2 N–H and O–H groups in total. The van der Waals surface area contributed by atoms with Gasteiger partial charge in [-0.25, -0.2) is 17.4 Å². The first-order chi connectivity index (χ1) is 16.8. The van der Waals surface area contributed by atoms with Gasteiger partial charge >= 0.3 is 0 Å². The summed E-state index contributed by atoms with van der Waals surface area (Å²) in [5.74, 6) is 1.14. The minimum absolute atomic E-state index is 0.182. The number of hydrogen-bond acceptors (Lipinski definition) is 6. The number of ether oxygens (including phenoxy) is 2. The van der Waals surface area contributed by atoms with E-state index in [1.54, 1.807) is 44.7 Å². The largest absolute Gasteiger partial charge is 0.493 e. The zero-order valence-corrected chi connectivity index (χ0v) is 20.8. The molecule has 0 aliphatic carbocycles. The Kier molecular flexibility index (Phi) is 5.53. The van der Waals surface area contributed by atoms with Crippen LogP contribution < -0.4 is 15.2 Å². The highest BCUT2D eigenvalue weighted by Crippen LogP contribution is 2.41. The number of methoxy groups -OCH3 is 2. The Balaban J connectivity index is 1.89. The van der Waals surface area contributed by atoms with Gasteiger partial charge in [-0.2, -0.15) is 0 Å². The van der Waals surface area contributed by atoms with Crippen molar-refractivity contribution in [2.75, 3.05) is 14.2 Å². The molecule has 0 radical (unpaired) electrons. The molecule has 0 saturated heterocycles. The van der Waals surface area contributed by atoms with Gasteiger partial charge in [0, 0.05) is 48.4 Å². The van der Waals surface area contributed by atoms with Gasteiger partial charge in [-0.15, -0.1) is 0 Å². The average Bonchev–Trinajstić information content (AvgIpc) is 3.41. The normalized spacial score (nSPS) is 11.9. The molecule has 180 valence electrons. The van der Waals surface area contributed by atoms with Gasteiger partial charge in [0.2, 0.25) is 0 Å². The first kappa shape index (κ1) is 22.9. The second-order valence-electron chi connectivity index (χ2n) is 8.40. The maximum absolute atomic E-state index is 14.0. The maximum Gasteiger partial charge on any atom is 0.269 e. The third kappa shape index (κ3) is 3.55. The molecule has 0 spiro atoms.